The van der Waals surface area contributed by atoms with Gasteiger partial charge in [0.05, 0.1) is 0 Å². The first-order valence-electron chi connectivity index (χ1n) is 8.24. The maximum Gasteiger partial charge on any atom is 0.129 e. The van der Waals surface area contributed by atoms with Crippen LogP contribution in [0.5, 0.6) is 0 Å². The van der Waals surface area contributed by atoms with Crippen LogP contribution in [0, 0.1) is 29.4 Å². The van der Waals surface area contributed by atoms with Gasteiger partial charge in [0.2, 0.25) is 0 Å². The number of rotatable bonds is 6. The Morgan fingerprint density at radius 3 is 2.71 bits per heavy atom. The number of halogens is 2. The molecule has 3 heteroatoms. The Balaban J connectivity index is 2.01. The summed E-state index contributed by atoms with van der Waals surface area (Å²) in [5, 5.41) is 3.51. The molecule has 0 saturated heterocycles. The summed E-state index contributed by atoms with van der Waals surface area (Å²) >= 11 is 0. The van der Waals surface area contributed by atoms with Gasteiger partial charge < -0.3 is 5.32 Å². The van der Waals surface area contributed by atoms with E-state index in [0.717, 1.165) is 38.4 Å². The van der Waals surface area contributed by atoms with Crippen molar-refractivity contribution in [1.82, 2.24) is 5.32 Å². The molecule has 1 fully saturated rings. The first-order valence-corrected chi connectivity index (χ1v) is 8.24. The fraction of sp³-hybridized carbons (Fsp3) is 0.667. The Kier molecular flexibility index (Phi) is 6.16. The van der Waals surface area contributed by atoms with E-state index in [-0.39, 0.29) is 0 Å². The molecular weight excluding hydrogens is 268 g/mol. The summed E-state index contributed by atoms with van der Waals surface area (Å²) in [6, 6.07) is 3.99. The van der Waals surface area contributed by atoms with Crippen LogP contribution in [0.4, 0.5) is 8.78 Å². The van der Waals surface area contributed by atoms with E-state index < -0.39 is 11.6 Å². The van der Waals surface area contributed by atoms with Crippen molar-refractivity contribution in [3.8, 4) is 0 Å². The third kappa shape index (κ3) is 4.77. The lowest BCUT2D eigenvalue weighted by molar-refractivity contribution is 0.182. The lowest BCUT2D eigenvalue weighted by Gasteiger charge is -2.35. The predicted octanol–water partition coefficient (Wildman–Crippen LogP) is 4.56. The molecule has 21 heavy (non-hydrogen) atoms. The lowest BCUT2D eigenvalue weighted by Crippen LogP contribution is -2.34. The molecule has 1 saturated carbocycles. The standard InChI is InChI=1S/C18H27F2N/c1-3-8-21-12-15-5-4-13(2)9-16(15)10-14-6-7-17(19)11-18(14)20/h6-7,11,13,15-16,21H,3-5,8-10,12H2,1-2H3. The van der Waals surface area contributed by atoms with Crippen molar-refractivity contribution in [3.63, 3.8) is 0 Å². The molecule has 1 N–H and O–H groups in total. The Labute approximate surface area is 127 Å². The molecule has 0 heterocycles. The van der Waals surface area contributed by atoms with E-state index in [1.807, 2.05) is 0 Å². The van der Waals surface area contributed by atoms with E-state index in [1.54, 1.807) is 6.07 Å². The minimum absolute atomic E-state index is 0.395. The van der Waals surface area contributed by atoms with Crippen LogP contribution in [0.2, 0.25) is 0 Å². The van der Waals surface area contributed by atoms with Crippen molar-refractivity contribution in [2.75, 3.05) is 13.1 Å². The van der Waals surface area contributed by atoms with Gasteiger partial charge in [-0.05, 0) is 68.2 Å². The lowest BCUT2D eigenvalue weighted by atomic mass is 9.72. The molecule has 0 amide bonds. The zero-order chi connectivity index (χ0) is 15.2. The second kappa shape index (κ2) is 7.88. The molecule has 0 aliphatic heterocycles. The molecule has 1 nitrogen and oxygen atoms in total. The van der Waals surface area contributed by atoms with Crippen molar-refractivity contribution >= 4 is 0 Å². The van der Waals surface area contributed by atoms with Crippen molar-refractivity contribution in [2.24, 2.45) is 17.8 Å². The molecule has 1 aliphatic carbocycles. The minimum Gasteiger partial charge on any atom is -0.316 e. The number of benzene rings is 1. The number of hydrogen-bond acceptors (Lipinski definition) is 1. The molecule has 3 unspecified atom stereocenters. The maximum absolute atomic E-state index is 13.9. The van der Waals surface area contributed by atoms with Gasteiger partial charge in [-0.3, -0.25) is 0 Å². The normalized spacial score (nSPS) is 26.0. The molecule has 0 radical (unpaired) electrons. The first-order chi connectivity index (χ1) is 10.1. The van der Waals surface area contributed by atoms with Gasteiger partial charge in [-0.2, -0.15) is 0 Å². The van der Waals surface area contributed by atoms with Crippen LogP contribution in [0.1, 0.15) is 45.1 Å². The Morgan fingerprint density at radius 1 is 1.19 bits per heavy atom. The molecule has 0 bridgehead atoms. The third-order valence-corrected chi connectivity index (χ3v) is 4.73. The largest absolute Gasteiger partial charge is 0.316 e. The highest BCUT2D eigenvalue weighted by molar-refractivity contribution is 5.19. The van der Waals surface area contributed by atoms with Crippen LogP contribution in [0.3, 0.4) is 0 Å². The highest BCUT2D eigenvalue weighted by Gasteiger charge is 2.29. The van der Waals surface area contributed by atoms with Crippen molar-refractivity contribution in [3.05, 3.63) is 35.4 Å². The quantitative estimate of drug-likeness (QED) is 0.759. The zero-order valence-corrected chi connectivity index (χ0v) is 13.2. The SMILES string of the molecule is CCCNCC1CCC(C)CC1Cc1ccc(F)cc1F. The third-order valence-electron chi connectivity index (χ3n) is 4.73. The highest BCUT2D eigenvalue weighted by Crippen LogP contribution is 2.36. The summed E-state index contributed by atoms with van der Waals surface area (Å²) in [7, 11) is 0. The van der Waals surface area contributed by atoms with Gasteiger partial charge in [-0.25, -0.2) is 8.78 Å². The van der Waals surface area contributed by atoms with Gasteiger partial charge in [0.1, 0.15) is 11.6 Å². The van der Waals surface area contributed by atoms with Crippen molar-refractivity contribution in [1.29, 1.82) is 0 Å². The molecule has 0 spiro atoms. The fourth-order valence-electron chi connectivity index (χ4n) is 3.51. The van der Waals surface area contributed by atoms with Crippen molar-refractivity contribution in [2.45, 2.75) is 46.0 Å². The number of nitrogens with one attached hydrogen (secondary N) is 1. The Bertz CT molecular complexity index is 447. The van der Waals surface area contributed by atoms with Gasteiger partial charge in [-0.15, -0.1) is 0 Å². The summed E-state index contributed by atoms with van der Waals surface area (Å²) in [6.07, 6.45) is 5.50. The van der Waals surface area contributed by atoms with Crippen LogP contribution in [-0.2, 0) is 6.42 Å². The highest BCUT2D eigenvalue weighted by atomic mass is 19.1. The first kappa shape index (κ1) is 16.4. The summed E-state index contributed by atoms with van der Waals surface area (Å²) < 4.78 is 26.9. The van der Waals surface area contributed by atoms with Crippen LogP contribution >= 0.6 is 0 Å². The second-order valence-corrected chi connectivity index (χ2v) is 6.58. The fourth-order valence-corrected chi connectivity index (χ4v) is 3.51. The monoisotopic (exact) mass is 295 g/mol. The predicted molar refractivity (Wildman–Crippen MR) is 83.2 cm³/mol. The van der Waals surface area contributed by atoms with Crippen molar-refractivity contribution < 1.29 is 8.78 Å². The van der Waals surface area contributed by atoms with Crippen LogP contribution in [-0.4, -0.2) is 13.1 Å². The van der Waals surface area contributed by atoms with E-state index in [4.69, 9.17) is 0 Å². The average molecular weight is 295 g/mol. The van der Waals surface area contributed by atoms with E-state index >= 15 is 0 Å². The van der Waals surface area contributed by atoms with Crippen LogP contribution in [0.15, 0.2) is 18.2 Å². The van der Waals surface area contributed by atoms with E-state index in [0.29, 0.717) is 23.3 Å². The van der Waals surface area contributed by atoms with Gasteiger partial charge in [0, 0.05) is 6.07 Å². The zero-order valence-electron chi connectivity index (χ0n) is 13.2. The average Bonchev–Trinajstić information content (AvgIpc) is 2.44. The van der Waals surface area contributed by atoms with Crippen LogP contribution < -0.4 is 5.32 Å². The van der Waals surface area contributed by atoms with Gasteiger partial charge in [0.25, 0.3) is 0 Å². The van der Waals surface area contributed by atoms with Crippen LogP contribution in [0.25, 0.3) is 0 Å². The van der Waals surface area contributed by atoms with E-state index in [9.17, 15) is 8.78 Å². The number of hydrogen-bond donors (Lipinski definition) is 1. The molecule has 2 rings (SSSR count). The summed E-state index contributed by atoms with van der Waals surface area (Å²) in [5.74, 6) is 0.930. The van der Waals surface area contributed by atoms with E-state index in [2.05, 4.69) is 19.2 Å². The van der Waals surface area contributed by atoms with Gasteiger partial charge in [-0.1, -0.05) is 26.3 Å². The Morgan fingerprint density at radius 2 is 2.00 bits per heavy atom. The molecular formula is C18H27F2N. The molecule has 1 aromatic rings. The summed E-state index contributed by atoms with van der Waals surface area (Å²) in [4.78, 5) is 0. The summed E-state index contributed by atoms with van der Waals surface area (Å²) in [5.41, 5.74) is 0.663. The molecule has 118 valence electrons. The molecule has 0 aromatic heterocycles. The second-order valence-electron chi connectivity index (χ2n) is 6.58. The smallest absolute Gasteiger partial charge is 0.129 e. The molecule has 1 aliphatic rings. The van der Waals surface area contributed by atoms with E-state index in [1.165, 1.54) is 18.9 Å². The molecule has 1 aromatic carbocycles. The van der Waals surface area contributed by atoms with Gasteiger partial charge in [0.15, 0.2) is 0 Å². The summed E-state index contributed by atoms with van der Waals surface area (Å²) in [6.45, 7) is 6.52. The molecule has 3 atom stereocenters. The van der Waals surface area contributed by atoms with Gasteiger partial charge >= 0.3 is 0 Å². The minimum atomic E-state index is -0.491. The Hall–Kier alpha value is -0.960. The maximum atomic E-state index is 13.9. The topological polar surface area (TPSA) is 12.0 Å².